The maximum Gasteiger partial charge on any atom is 0.225 e. The first-order valence-electron chi connectivity index (χ1n) is 11.1. The Bertz CT molecular complexity index is 1320. The van der Waals surface area contributed by atoms with Gasteiger partial charge < -0.3 is 15.2 Å². The first kappa shape index (κ1) is 23.3. The second kappa shape index (κ2) is 10.0. The molecule has 1 aliphatic rings. The highest BCUT2D eigenvalue weighted by molar-refractivity contribution is 6.39. The van der Waals surface area contributed by atoms with Crippen LogP contribution in [0.5, 0.6) is 0 Å². The minimum Gasteiger partial charge on any atom is -0.350 e. The molecule has 2 aromatic heterocycles. The van der Waals surface area contributed by atoms with Crippen LogP contribution in [0.2, 0.25) is 15.1 Å². The number of hydrogen-bond donors (Lipinski definition) is 2. The maximum atomic E-state index is 13.5. The van der Waals surface area contributed by atoms with E-state index in [0.29, 0.717) is 51.0 Å². The molecule has 176 valence electrons. The highest BCUT2D eigenvalue weighted by Crippen LogP contribution is 2.36. The van der Waals surface area contributed by atoms with Crippen LogP contribution in [-0.4, -0.2) is 32.6 Å². The van der Waals surface area contributed by atoms with Crippen LogP contribution in [-0.2, 0) is 13.1 Å². The zero-order valence-electron chi connectivity index (χ0n) is 18.2. The summed E-state index contributed by atoms with van der Waals surface area (Å²) in [6, 6.07) is 10.0. The van der Waals surface area contributed by atoms with Crippen molar-refractivity contribution in [1.29, 1.82) is 0 Å². The number of anilines is 1. The zero-order chi connectivity index (χ0) is 23.7. The third-order valence-corrected chi connectivity index (χ3v) is 6.87. The minimum absolute atomic E-state index is 0.0797. The Hall–Kier alpha value is -2.45. The number of piperidine rings is 1. The summed E-state index contributed by atoms with van der Waals surface area (Å²) in [6.07, 6.45) is 3.93. The number of halogens is 4. The Kier molecular flexibility index (Phi) is 6.88. The largest absolute Gasteiger partial charge is 0.350 e. The summed E-state index contributed by atoms with van der Waals surface area (Å²) < 4.78 is 15.5. The number of nitrogens with zero attached hydrogens (tertiary/aromatic N) is 4. The number of aromatic nitrogens is 4. The summed E-state index contributed by atoms with van der Waals surface area (Å²) in [7, 11) is 0. The van der Waals surface area contributed by atoms with Crippen molar-refractivity contribution in [3.63, 3.8) is 0 Å². The molecule has 10 heteroatoms. The summed E-state index contributed by atoms with van der Waals surface area (Å²) in [5.41, 5.74) is 2.86. The van der Waals surface area contributed by atoms with Crippen LogP contribution in [0.25, 0.3) is 22.6 Å². The van der Waals surface area contributed by atoms with Gasteiger partial charge in [0.1, 0.15) is 17.2 Å². The van der Waals surface area contributed by atoms with Crippen molar-refractivity contribution in [3.8, 4) is 11.4 Å². The molecule has 0 aliphatic carbocycles. The van der Waals surface area contributed by atoms with Gasteiger partial charge in [-0.25, -0.2) is 14.4 Å². The molecule has 1 atom stereocenters. The van der Waals surface area contributed by atoms with Gasteiger partial charge in [-0.3, -0.25) is 0 Å². The van der Waals surface area contributed by atoms with Gasteiger partial charge in [-0.1, -0.05) is 46.9 Å². The number of benzene rings is 2. The number of fused-ring (bicyclic) bond motifs is 1. The van der Waals surface area contributed by atoms with Crippen molar-refractivity contribution in [2.45, 2.75) is 25.9 Å². The highest BCUT2D eigenvalue weighted by Gasteiger charge is 2.23. The van der Waals surface area contributed by atoms with Crippen molar-refractivity contribution < 1.29 is 4.39 Å². The van der Waals surface area contributed by atoms with E-state index in [2.05, 4.69) is 20.2 Å². The lowest BCUT2D eigenvalue weighted by Gasteiger charge is -2.24. The highest BCUT2D eigenvalue weighted by atomic mass is 35.5. The lowest BCUT2D eigenvalue weighted by atomic mass is 9.99. The molecule has 5 rings (SSSR count). The van der Waals surface area contributed by atoms with E-state index in [0.717, 1.165) is 38.0 Å². The Morgan fingerprint density at radius 1 is 1.09 bits per heavy atom. The van der Waals surface area contributed by atoms with Crippen molar-refractivity contribution in [2.75, 3.05) is 18.4 Å². The molecule has 34 heavy (non-hydrogen) atoms. The lowest BCUT2D eigenvalue weighted by molar-refractivity contribution is 0.341. The van der Waals surface area contributed by atoms with Gasteiger partial charge in [-0.15, -0.1) is 0 Å². The first-order valence-corrected chi connectivity index (χ1v) is 12.2. The fourth-order valence-electron chi connectivity index (χ4n) is 4.25. The second-order valence-corrected chi connectivity index (χ2v) is 9.58. The van der Waals surface area contributed by atoms with Gasteiger partial charge in [0.25, 0.3) is 0 Å². The predicted octanol–water partition coefficient (Wildman–Crippen LogP) is 6.20. The molecule has 1 saturated heterocycles. The lowest BCUT2D eigenvalue weighted by Crippen LogP contribution is -2.32. The number of imidazole rings is 1. The SMILES string of the molecule is Fc1ccc(CNc2ncc3nc(-c4c(Cl)cccc4Cl)n(CC4CCCNC4)c3n2)cc1Cl. The molecular formula is C24H22Cl3FN6. The first-order chi connectivity index (χ1) is 16.5. The molecule has 1 unspecified atom stereocenters. The Morgan fingerprint density at radius 3 is 2.65 bits per heavy atom. The van der Waals surface area contributed by atoms with Gasteiger partial charge in [0.15, 0.2) is 5.65 Å². The monoisotopic (exact) mass is 518 g/mol. The Labute approximate surface area is 211 Å². The van der Waals surface area contributed by atoms with Crippen molar-refractivity contribution in [3.05, 3.63) is 69.0 Å². The van der Waals surface area contributed by atoms with Gasteiger partial charge in [0.05, 0.1) is 26.8 Å². The maximum absolute atomic E-state index is 13.5. The van der Waals surface area contributed by atoms with E-state index in [4.69, 9.17) is 44.8 Å². The molecule has 4 aromatic rings. The number of nitrogens with one attached hydrogen (secondary N) is 2. The summed E-state index contributed by atoms with van der Waals surface area (Å²) in [4.78, 5) is 14.0. The fraction of sp³-hybridized carbons (Fsp3) is 0.292. The zero-order valence-corrected chi connectivity index (χ0v) is 20.4. The number of hydrogen-bond acceptors (Lipinski definition) is 5. The van der Waals surface area contributed by atoms with Gasteiger partial charge in [0, 0.05) is 13.1 Å². The van der Waals surface area contributed by atoms with Crippen LogP contribution in [0.3, 0.4) is 0 Å². The quantitative estimate of drug-likeness (QED) is 0.317. The van der Waals surface area contributed by atoms with Crippen LogP contribution in [0.4, 0.5) is 10.3 Å². The Morgan fingerprint density at radius 2 is 1.91 bits per heavy atom. The average Bonchev–Trinajstić information content (AvgIpc) is 3.17. The molecule has 2 aromatic carbocycles. The molecule has 1 aliphatic heterocycles. The van der Waals surface area contributed by atoms with E-state index in [9.17, 15) is 4.39 Å². The van der Waals surface area contributed by atoms with Gasteiger partial charge >= 0.3 is 0 Å². The molecule has 0 saturated carbocycles. The molecule has 0 radical (unpaired) electrons. The van der Waals surface area contributed by atoms with E-state index in [-0.39, 0.29) is 5.02 Å². The van der Waals surface area contributed by atoms with Crippen LogP contribution >= 0.6 is 34.8 Å². The van der Waals surface area contributed by atoms with Crippen LogP contribution in [0, 0.1) is 11.7 Å². The van der Waals surface area contributed by atoms with Gasteiger partial charge in [-0.05, 0) is 61.7 Å². The van der Waals surface area contributed by atoms with Crippen LogP contribution in [0.15, 0.2) is 42.6 Å². The summed E-state index contributed by atoms with van der Waals surface area (Å²) in [6.45, 7) is 3.09. The summed E-state index contributed by atoms with van der Waals surface area (Å²) in [5.74, 6) is 1.09. The molecule has 3 heterocycles. The van der Waals surface area contributed by atoms with Crippen molar-refractivity contribution in [2.24, 2.45) is 5.92 Å². The fourth-order valence-corrected chi connectivity index (χ4v) is 5.02. The van der Waals surface area contributed by atoms with Crippen LogP contribution in [0.1, 0.15) is 18.4 Å². The van der Waals surface area contributed by atoms with E-state index in [1.54, 1.807) is 30.5 Å². The molecule has 0 bridgehead atoms. The molecule has 1 fully saturated rings. The van der Waals surface area contributed by atoms with E-state index in [1.165, 1.54) is 6.07 Å². The standard InChI is InChI=1S/C24H22Cl3FN6/c25-16-4-1-5-17(26)21(16)23-32-20-12-31-24(30-11-14-6-7-19(28)18(27)9-14)33-22(20)34(23)13-15-3-2-8-29-10-15/h1,4-7,9,12,15,29H,2-3,8,10-11,13H2,(H,30,31,33). The van der Waals surface area contributed by atoms with E-state index in [1.807, 2.05) is 6.07 Å². The molecule has 0 amide bonds. The predicted molar refractivity (Wildman–Crippen MR) is 135 cm³/mol. The van der Waals surface area contributed by atoms with Crippen molar-refractivity contribution >= 4 is 51.9 Å². The summed E-state index contributed by atoms with van der Waals surface area (Å²) >= 11 is 19.0. The molecule has 0 spiro atoms. The molecular weight excluding hydrogens is 498 g/mol. The van der Waals surface area contributed by atoms with E-state index < -0.39 is 5.82 Å². The topological polar surface area (TPSA) is 67.7 Å². The van der Waals surface area contributed by atoms with Gasteiger partial charge in [0.2, 0.25) is 5.95 Å². The normalized spacial score (nSPS) is 16.2. The smallest absolute Gasteiger partial charge is 0.225 e. The number of rotatable bonds is 6. The Balaban J connectivity index is 1.52. The van der Waals surface area contributed by atoms with E-state index >= 15 is 0 Å². The van der Waals surface area contributed by atoms with Crippen molar-refractivity contribution in [1.82, 2.24) is 24.8 Å². The minimum atomic E-state index is -0.449. The second-order valence-electron chi connectivity index (χ2n) is 8.36. The molecule has 2 N–H and O–H groups in total. The molecule has 6 nitrogen and oxygen atoms in total. The third-order valence-electron chi connectivity index (χ3n) is 5.95. The third kappa shape index (κ3) is 4.84. The van der Waals surface area contributed by atoms with Gasteiger partial charge in [-0.2, -0.15) is 4.98 Å². The average molecular weight is 520 g/mol. The summed E-state index contributed by atoms with van der Waals surface area (Å²) in [5, 5.41) is 7.81. The van der Waals surface area contributed by atoms with Crippen LogP contribution < -0.4 is 10.6 Å².